The highest BCUT2D eigenvalue weighted by atomic mass is 16.1. The van der Waals surface area contributed by atoms with Gasteiger partial charge in [0.2, 0.25) is 0 Å². The fourth-order valence-corrected chi connectivity index (χ4v) is 1.42. The molecule has 2 nitrogen and oxygen atoms in total. The second-order valence-corrected chi connectivity index (χ2v) is 3.69. The molecular formula is C16H17NO. The van der Waals surface area contributed by atoms with E-state index in [9.17, 15) is 4.79 Å². The Morgan fingerprint density at radius 2 is 2.11 bits per heavy atom. The lowest BCUT2D eigenvalue weighted by Crippen LogP contribution is -2.23. The average Bonchev–Trinajstić information content (AvgIpc) is 2.43. The number of carbonyl (C=O) groups is 1. The predicted octanol–water partition coefficient (Wildman–Crippen LogP) is 2.94. The lowest BCUT2D eigenvalue weighted by molar-refractivity contribution is 0.0958. The molecule has 1 aromatic rings. The van der Waals surface area contributed by atoms with Crippen LogP contribution in [0, 0.1) is 12.3 Å². The lowest BCUT2D eigenvalue weighted by atomic mass is 10.2. The first kappa shape index (κ1) is 13.8. The van der Waals surface area contributed by atoms with Crippen LogP contribution in [0.3, 0.4) is 0 Å². The minimum Gasteiger partial charge on any atom is -0.349 e. The van der Waals surface area contributed by atoms with Gasteiger partial charge in [-0.25, -0.2) is 0 Å². The molecule has 0 heterocycles. The monoisotopic (exact) mass is 239 g/mol. The molecule has 2 heteroatoms. The minimum absolute atomic E-state index is 0.0815. The molecule has 18 heavy (non-hydrogen) atoms. The van der Waals surface area contributed by atoms with Gasteiger partial charge >= 0.3 is 0 Å². The fourth-order valence-electron chi connectivity index (χ4n) is 1.42. The van der Waals surface area contributed by atoms with E-state index in [0.717, 1.165) is 12.0 Å². The molecule has 0 saturated carbocycles. The van der Waals surface area contributed by atoms with Crippen LogP contribution in [0.15, 0.2) is 54.1 Å². The summed E-state index contributed by atoms with van der Waals surface area (Å²) in [5.41, 5.74) is 1.50. The number of hydrogen-bond acceptors (Lipinski definition) is 1. The van der Waals surface area contributed by atoms with Gasteiger partial charge in [0.15, 0.2) is 0 Å². The zero-order valence-electron chi connectivity index (χ0n) is 10.5. The Morgan fingerprint density at radius 3 is 2.72 bits per heavy atom. The molecule has 0 fully saturated rings. The van der Waals surface area contributed by atoms with E-state index < -0.39 is 0 Å². The Bertz CT molecular complexity index is 478. The highest BCUT2D eigenvalue weighted by molar-refractivity contribution is 5.94. The second-order valence-electron chi connectivity index (χ2n) is 3.69. The van der Waals surface area contributed by atoms with E-state index in [1.165, 1.54) is 0 Å². The summed E-state index contributed by atoms with van der Waals surface area (Å²) in [5, 5.41) is 2.80. The van der Waals surface area contributed by atoms with Crippen molar-refractivity contribution in [2.75, 3.05) is 6.54 Å². The summed E-state index contributed by atoms with van der Waals surface area (Å²) in [6, 6.07) is 9.12. The molecule has 1 amide bonds. The van der Waals surface area contributed by atoms with Crippen LogP contribution < -0.4 is 5.32 Å². The molecule has 92 valence electrons. The Kier molecular flexibility index (Phi) is 6.07. The largest absolute Gasteiger partial charge is 0.349 e. The molecule has 0 aromatic heterocycles. The van der Waals surface area contributed by atoms with Gasteiger partial charge in [0.25, 0.3) is 5.91 Å². The number of allylic oxidation sites excluding steroid dienone is 3. The maximum Gasteiger partial charge on any atom is 0.251 e. The van der Waals surface area contributed by atoms with Gasteiger partial charge in [0.1, 0.15) is 0 Å². The van der Waals surface area contributed by atoms with Crippen molar-refractivity contribution in [2.45, 2.75) is 13.3 Å². The molecule has 1 aromatic carbocycles. The van der Waals surface area contributed by atoms with Crippen LogP contribution in [0.5, 0.6) is 0 Å². The SMILES string of the molecule is C#CC(/C=C\CNC(=O)c1ccccc1)=C/CC. The quantitative estimate of drug-likeness (QED) is 0.621. The number of amides is 1. The molecule has 0 atom stereocenters. The van der Waals surface area contributed by atoms with E-state index in [-0.39, 0.29) is 5.91 Å². The van der Waals surface area contributed by atoms with Crippen LogP contribution in [0.2, 0.25) is 0 Å². The van der Waals surface area contributed by atoms with Gasteiger partial charge in [0.05, 0.1) is 0 Å². The molecule has 1 N–H and O–H groups in total. The van der Waals surface area contributed by atoms with Crippen molar-refractivity contribution in [1.29, 1.82) is 0 Å². The maximum atomic E-state index is 11.7. The summed E-state index contributed by atoms with van der Waals surface area (Å²) < 4.78 is 0. The van der Waals surface area contributed by atoms with E-state index in [4.69, 9.17) is 6.42 Å². The van der Waals surface area contributed by atoms with E-state index in [1.807, 2.05) is 43.4 Å². The standard InChI is InChI=1S/C16H17NO/c1-3-9-14(4-2)10-8-13-17-16(18)15-11-6-5-7-12-15/h2,5-12H,3,13H2,1H3,(H,17,18)/b10-8-,14-9-. The summed E-state index contributed by atoms with van der Waals surface area (Å²) in [4.78, 5) is 11.7. The van der Waals surface area contributed by atoms with Crippen molar-refractivity contribution < 1.29 is 4.79 Å². The van der Waals surface area contributed by atoms with E-state index >= 15 is 0 Å². The maximum absolute atomic E-state index is 11.7. The predicted molar refractivity (Wildman–Crippen MR) is 75.1 cm³/mol. The third kappa shape index (κ3) is 4.71. The molecule has 0 aliphatic rings. The molecule has 0 aliphatic carbocycles. The molecule has 0 aliphatic heterocycles. The fraction of sp³-hybridized carbons (Fsp3) is 0.188. The number of carbonyl (C=O) groups excluding carboxylic acids is 1. The topological polar surface area (TPSA) is 29.1 Å². The van der Waals surface area contributed by atoms with Crippen molar-refractivity contribution >= 4 is 5.91 Å². The van der Waals surface area contributed by atoms with E-state index in [2.05, 4.69) is 11.2 Å². The van der Waals surface area contributed by atoms with Crippen LogP contribution in [0.4, 0.5) is 0 Å². The van der Waals surface area contributed by atoms with Crippen molar-refractivity contribution in [2.24, 2.45) is 0 Å². The highest BCUT2D eigenvalue weighted by Crippen LogP contribution is 1.98. The highest BCUT2D eigenvalue weighted by Gasteiger charge is 2.00. The molecule has 0 unspecified atom stereocenters. The Balaban J connectivity index is 2.43. The molecule has 1 rings (SSSR count). The Hall–Kier alpha value is -2.27. The third-order valence-electron chi connectivity index (χ3n) is 2.30. The van der Waals surface area contributed by atoms with Crippen molar-refractivity contribution in [3.63, 3.8) is 0 Å². The van der Waals surface area contributed by atoms with Crippen LogP contribution in [-0.2, 0) is 0 Å². The number of nitrogens with one attached hydrogen (secondary N) is 1. The van der Waals surface area contributed by atoms with Gasteiger partial charge in [0, 0.05) is 17.7 Å². The third-order valence-corrected chi connectivity index (χ3v) is 2.30. The van der Waals surface area contributed by atoms with Crippen molar-refractivity contribution in [3.8, 4) is 12.3 Å². The first-order valence-electron chi connectivity index (χ1n) is 5.94. The molecule has 0 saturated heterocycles. The van der Waals surface area contributed by atoms with Gasteiger partial charge in [-0.3, -0.25) is 4.79 Å². The first-order valence-corrected chi connectivity index (χ1v) is 5.94. The second kappa shape index (κ2) is 7.92. The van der Waals surface area contributed by atoms with Gasteiger partial charge in [-0.05, 0) is 24.6 Å². The zero-order chi connectivity index (χ0) is 13.2. The molecule has 0 radical (unpaired) electrons. The van der Waals surface area contributed by atoms with E-state index in [0.29, 0.717) is 12.1 Å². The zero-order valence-corrected chi connectivity index (χ0v) is 10.5. The first-order chi connectivity index (χ1) is 8.77. The Labute approximate surface area is 108 Å². The van der Waals surface area contributed by atoms with Crippen molar-refractivity contribution in [3.05, 3.63) is 59.7 Å². The van der Waals surface area contributed by atoms with Crippen LogP contribution in [-0.4, -0.2) is 12.5 Å². The summed E-state index contributed by atoms with van der Waals surface area (Å²) in [6.07, 6.45) is 11.9. The number of hydrogen-bond donors (Lipinski definition) is 1. The summed E-state index contributed by atoms with van der Waals surface area (Å²) >= 11 is 0. The number of benzene rings is 1. The average molecular weight is 239 g/mol. The number of terminal acetylenes is 1. The smallest absolute Gasteiger partial charge is 0.251 e. The van der Waals surface area contributed by atoms with Crippen molar-refractivity contribution in [1.82, 2.24) is 5.32 Å². The number of rotatable bonds is 5. The van der Waals surface area contributed by atoms with Gasteiger partial charge in [-0.1, -0.05) is 43.2 Å². The summed E-state index contributed by atoms with van der Waals surface area (Å²) in [5.74, 6) is 2.50. The molecular weight excluding hydrogens is 222 g/mol. The minimum atomic E-state index is -0.0815. The normalized spacial score (nSPS) is 11.2. The summed E-state index contributed by atoms with van der Waals surface area (Å²) in [7, 11) is 0. The van der Waals surface area contributed by atoms with Gasteiger partial charge < -0.3 is 5.32 Å². The Morgan fingerprint density at radius 1 is 1.39 bits per heavy atom. The van der Waals surface area contributed by atoms with Gasteiger partial charge in [-0.15, -0.1) is 6.42 Å². The van der Waals surface area contributed by atoms with Crippen LogP contribution >= 0.6 is 0 Å². The lowest BCUT2D eigenvalue weighted by Gasteiger charge is -2.01. The van der Waals surface area contributed by atoms with E-state index in [1.54, 1.807) is 12.1 Å². The molecule has 0 bridgehead atoms. The van der Waals surface area contributed by atoms with Crippen LogP contribution in [0.1, 0.15) is 23.7 Å². The molecule has 0 spiro atoms. The van der Waals surface area contributed by atoms with Gasteiger partial charge in [-0.2, -0.15) is 0 Å². The van der Waals surface area contributed by atoms with Crippen LogP contribution in [0.25, 0.3) is 0 Å². The summed E-state index contributed by atoms with van der Waals surface area (Å²) in [6.45, 7) is 2.50.